The first kappa shape index (κ1) is 12.6. The summed E-state index contributed by atoms with van der Waals surface area (Å²) in [6.07, 6.45) is 9.35. The highest BCUT2D eigenvalue weighted by Gasteiger charge is 2.54. The highest BCUT2D eigenvalue weighted by Crippen LogP contribution is 2.47. The van der Waals surface area contributed by atoms with Gasteiger partial charge in [-0.15, -0.1) is 0 Å². The summed E-state index contributed by atoms with van der Waals surface area (Å²) in [5.74, 6) is 3.68. The molecule has 0 aromatic carbocycles. The second-order valence-corrected chi connectivity index (χ2v) is 7.42. The van der Waals surface area contributed by atoms with Crippen LogP contribution in [0.5, 0.6) is 0 Å². The first-order valence-electron chi connectivity index (χ1n) is 8.57. The van der Waals surface area contributed by atoms with Crippen LogP contribution in [0.4, 0.5) is 0 Å². The lowest BCUT2D eigenvalue weighted by Crippen LogP contribution is -2.47. The summed E-state index contributed by atoms with van der Waals surface area (Å²) >= 11 is 0. The summed E-state index contributed by atoms with van der Waals surface area (Å²) in [5, 5.41) is 11.4. The maximum atomic E-state index is 3.90. The third-order valence-electron chi connectivity index (χ3n) is 6.46. The van der Waals surface area contributed by atoms with E-state index in [0.717, 1.165) is 29.7 Å². The average molecular weight is 263 g/mol. The van der Waals surface area contributed by atoms with Gasteiger partial charge >= 0.3 is 0 Å². The van der Waals surface area contributed by atoms with Crippen molar-refractivity contribution in [3.05, 3.63) is 0 Å². The summed E-state index contributed by atoms with van der Waals surface area (Å²) in [7, 11) is 0. The molecule has 0 spiro atoms. The van der Waals surface area contributed by atoms with Gasteiger partial charge in [-0.2, -0.15) is 0 Å². The molecule has 108 valence electrons. The minimum atomic E-state index is 0.608. The van der Waals surface area contributed by atoms with Gasteiger partial charge in [-0.1, -0.05) is 32.1 Å². The minimum Gasteiger partial charge on any atom is -0.316 e. The monoisotopic (exact) mass is 263 g/mol. The molecule has 4 aliphatic rings. The fraction of sp³-hybridized carbons (Fsp3) is 1.00. The number of nitrogens with one attached hydrogen (secondary N) is 3. The quantitative estimate of drug-likeness (QED) is 0.674. The number of rotatable bonds is 1. The van der Waals surface area contributed by atoms with Crippen molar-refractivity contribution in [1.29, 1.82) is 0 Å². The predicted molar refractivity (Wildman–Crippen MR) is 77.8 cm³/mol. The van der Waals surface area contributed by atoms with E-state index >= 15 is 0 Å². The van der Waals surface area contributed by atoms with Gasteiger partial charge in [0, 0.05) is 12.1 Å². The first-order chi connectivity index (χ1) is 9.34. The van der Waals surface area contributed by atoms with Crippen molar-refractivity contribution in [1.82, 2.24) is 16.0 Å². The molecule has 6 unspecified atom stereocenters. The fourth-order valence-corrected chi connectivity index (χ4v) is 5.72. The molecule has 0 aromatic rings. The largest absolute Gasteiger partial charge is 0.316 e. The van der Waals surface area contributed by atoms with E-state index in [2.05, 4.69) is 22.9 Å². The Labute approximate surface area is 117 Å². The normalized spacial score (nSPS) is 51.0. The summed E-state index contributed by atoms with van der Waals surface area (Å²) in [5.41, 5.74) is 0. The minimum absolute atomic E-state index is 0.608. The van der Waals surface area contributed by atoms with Crippen molar-refractivity contribution in [3.8, 4) is 0 Å². The zero-order chi connectivity index (χ0) is 12.8. The first-order valence-corrected chi connectivity index (χ1v) is 8.57. The molecular weight excluding hydrogens is 234 g/mol. The average Bonchev–Trinajstić information content (AvgIpc) is 2.94. The molecular formula is C16H29N3. The van der Waals surface area contributed by atoms with E-state index in [1.807, 2.05) is 0 Å². The van der Waals surface area contributed by atoms with Gasteiger partial charge < -0.3 is 5.32 Å². The molecule has 0 bridgehead atoms. The molecule has 4 rings (SSSR count). The predicted octanol–water partition coefficient (Wildman–Crippen LogP) is 1.70. The van der Waals surface area contributed by atoms with Gasteiger partial charge in [-0.25, -0.2) is 0 Å². The van der Waals surface area contributed by atoms with Gasteiger partial charge in [-0.3, -0.25) is 10.6 Å². The fourth-order valence-electron chi connectivity index (χ4n) is 5.72. The van der Waals surface area contributed by atoms with Crippen LogP contribution >= 0.6 is 0 Å². The van der Waals surface area contributed by atoms with Crippen LogP contribution in [0.25, 0.3) is 0 Å². The molecule has 1 saturated carbocycles. The third-order valence-corrected chi connectivity index (χ3v) is 6.46. The van der Waals surface area contributed by atoms with E-state index in [-0.39, 0.29) is 0 Å². The van der Waals surface area contributed by atoms with Crippen molar-refractivity contribution in [2.45, 2.75) is 63.7 Å². The summed E-state index contributed by atoms with van der Waals surface area (Å²) in [4.78, 5) is 0. The van der Waals surface area contributed by atoms with Crippen LogP contribution in [-0.4, -0.2) is 31.3 Å². The van der Waals surface area contributed by atoms with Gasteiger partial charge in [-0.05, 0) is 50.1 Å². The SMILES string of the molecule is CC1NC2NC3CCNCC3C2C1C1CCCCC1. The molecule has 0 amide bonds. The van der Waals surface area contributed by atoms with E-state index in [1.165, 1.54) is 51.6 Å². The van der Waals surface area contributed by atoms with Gasteiger partial charge in [0.25, 0.3) is 0 Å². The number of hydrogen-bond donors (Lipinski definition) is 3. The van der Waals surface area contributed by atoms with Crippen molar-refractivity contribution in [3.63, 3.8) is 0 Å². The van der Waals surface area contributed by atoms with Crippen molar-refractivity contribution < 1.29 is 0 Å². The maximum Gasteiger partial charge on any atom is 0.0612 e. The molecule has 3 heteroatoms. The lowest BCUT2D eigenvalue weighted by molar-refractivity contribution is 0.144. The Hall–Kier alpha value is -0.120. The van der Waals surface area contributed by atoms with Crippen LogP contribution in [0.15, 0.2) is 0 Å². The third kappa shape index (κ3) is 2.05. The number of hydrogen-bond acceptors (Lipinski definition) is 3. The van der Waals surface area contributed by atoms with Gasteiger partial charge in [0.15, 0.2) is 0 Å². The smallest absolute Gasteiger partial charge is 0.0612 e. The highest BCUT2D eigenvalue weighted by molar-refractivity contribution is 5.09. The highest BCUT2D eigenvalue weighted by atomic mass is 15.2. The Morgan fingerprint density at radius 2 is 1.74 bits per heavy atom. The van der Waals surface area contributed by atoms with E-state index < -0.39 is 0 Å². The molecule has 6 atom stereocenters. The van der Waals surface area contributed by atoms with E-state index in [1.54, 1.807) is 0 Å². The van der Waals surface area contributed by atoms with Crippen LogP contribution in [0.1, 0.15) is 45.4 Å². The van der Waals surface area contributed by atoms with E-state index in [0.29, 0.717) is 12.2 Å². The Balaban J connectivity index is 1.55. The Kier molecular flexibility index (Phi) is 3.33. The molecule has 1 aliphatic carbocycles. The maximum absolute atomic E-state index is 3.90. The van der Waals surface area contributed by atoms with Gasteiger partial charge in [0.2, 0.25) is 0 Å². The zero-order valence-electron chi connectivity index (χ0n) is 12.2. The second-order valence-electron chi connectivity index (χ2n) is 7.42. The summed E-state index contributed by atoms with van der Waals surface area (Å²) in [6.45, 7) is 4.89. The summed E-state index contributed by atoms with van der Waals surface area (Å²) < 4.78 is 0. The zero-order valence-corrected chi connectivity index (χ0v) is 12.2. The molecule has 3 N–H and O–H groups in total. The van der Waals surface area contributed by atoms with Crippen LogP contribution < -0.4 is 16.0 Å². The van der Waals surface area contributed by atoms with Crippen molar-refractivity contribution >= 4 is 0 Å². The second kappa shape index (κ2) is 5.01. The van der Waals surface area contributed by atoms with E-state index in [4.69, 9.17) is 0 Å². The lowest BCUT2D eigenvalue weighted by Gasteiger charge is -2.38. The van der Waals surface area contributed by atoms with Crippen LogP contribution in [0.2, 0.25) is 0 Å². The Morgan fingerprint density at radius 3 is 2.58 bits per heavy atom. The van der Waals surface area contributed by atoms with Crippen molar-refractivity contribution in [2.75, 3.05) is 13.1 Å². The van der Waals surface area contributed by atoms with Crippen molar-refractivity contribution in [2.24, 2.45) is 23.7 Å². The van der Waals surface area contributed by atoms with Crippen LogP contribution in [0.3, 0.4) is 0 Å². The molecule has 0 aromatic heterocycles. The van der Waals surface area contributed by atoms with E-state index in [9.17, 15) is 0 Å². The molecule has 0 radical (unpaired) electrons. The number of piperidine rings is 1. The molecule has 3 nitrogen and oxygen atoms in total. The topological polar surface area (TPSA) is 36.1 Å². The van der Waals surface area contributed by atoms with Crippen LogP contribution in [-0.2, 0) is 0 Å². The van der Waals surface area contributed by atoms with Crippen LogP contribution in [0, 0.1) is 23.7 Å². The molecule has 3 saturated heterocycles. The molecule has 19 heavy (non-hydrogen) atoms. The number of fused-ring (bicyclic) bond motifs is 3. The van der Waals surface area contributed by atoms with Gasteiger partial charge in [0.05, 0.1) is 6.17 Å². The standard InChI is InChI=1S/C16H29N3/c1-10-14(11-5-3-2-4-6-11)15-12-9-17-8-7-13(12)19-16(15)18-10/h10-19H,2-9H2,1H3. The molecule has 3 heterocycles. The summed E-state index contributed by atoms with van der Waals surface area (Å²) in [6, 6.07) is 1.50. The van der Waals surface area contributed by atoms with Gasteiger partial charge in [0.1, 0.15) is 0 Å². The molecule has 4 fully saturated rings. The Morgan fingerprint density at radius 1 is 0.895 bits per heavy atom. The Bertz CT molecular complexity index is 326. The molecule has 3 aliphatic heterocycles. The lowest BCUT2D eigenvalue weighted by atomic mass is 9.68.